The highest BCUT2D eigenvalue weighted by atomic mass is 19.4. The van der Waals surface area contributed by atoms with Crippen molar-refractivity contribution < 1.29 is 13.2 Å². The van der Waals surface area contributed by atoms with Crippen LogP contribution in [0.1, 0.15) is 5.56 Å². The molecular weight excluding hydrogens is 165 g/mol. The maximum Gasteiger partial charge on any atom is 0.543 e. The number of alkyl halides is 3. The number of rotatable bonds is 1. The molecule has 0 aromatic heterocycles. The van der Waals surface area contributed by atoms with Crippen LogP contribution < -0.4 is 0 Å². The lowest BCUT2D eigenvalue weighted by atomic mass is 10.2. The van der Waals surface area contributed by atoms with E-state index in [4.69, 9.17) is 0 Å². The summed E-state index contributed by atoms with van der Waals surface area (Å²) >= 11 is 0. The summed E-state index contributed by atoms with van der Waals surface area (Å²) in [6.45, 7) is 0. The van der Waals surface area contributed by atoms with Gasteiger partial charge in [0.15, 0.2) is 12.2 Å². The summed E-state index contributed by atoms with van der Waals surface area (Å²) in [5, 5.41) is 0. The average molecular weight is 171 g/mol. The van der Waals surface area contributed by atoms with Crippen LogP contribution in [-0.4, -0.2) is 6.18 Å². The Morgan fingerprint density at radius 3 is 2.17 bits per heavy atom. The number of halogens is 3. The summed E-state index contributed by atoms with van der Waals surface area (Å²) in [5.74, 6) is 0. The number of allylic oxidation sites excluding steroid dienone is 1. The first kappa shape index (κ1) is 8.75. The standard InChI is InChI=1S/C9H6F3/c10-9(11,12)7-6-8-4-2-1-3-5-8/h1-6H/q+1. The van der Waals surface area contributed by atoms with Crippen LogP contribution in [0.4, 0.5) is 13.2 Å². The van der Waals surface area contributed by atoms with Crippen molar-refractivity contribution in [3.8, 4) is 0 Å². The first-order chi connectivity index (χ1) is 5.58. The van der Waals surface area contributed by atoms with E-state index in [1.54, 1.807) is 30.3 Å². The molecule has 0 aliphatic rings. The van der Waals surface area contributed by atoms with Gasteiger partial charge in [-0.1, -0.05) is 6.07 Å². The van der Waals surface area contributed by atoms with Crippen molar-refractivity contribution in [1.29, 1.82) is 0 Å². The van der Waals surface area contributed by atoms with Gasteiger partial charge in [0.1, 0.15) is 5.56 Å². The van der Waals surface area contributed by atoms with Gasteiger partial charge in [0.25, 0.3) is 0 Å². The largest absolute Gasteiger partial charge is 0.543 e. The molecule has 0 bridgehead atoms. The van der Waals surface area contributed by atoms with Crippen LogP contribution in [-0.2, 0) is 0 Å². The van der Waals surface area contributed by atoms with Gasteiger partial charge >= 0.3 is 6.18 Å². The molecule has 0 saturated heterocycles. The van der Waals surface area contributed by atoms with E-state index in [-0.39, 0.29) is 0 Å². The molecule has 3 heteroatoms. The molecule has 0 heterocycles. The summed E-state index contributed by atoms with van der Waals surface area (Å²) in [7, 11) is 0. The minimum Gasteiger partial charge on any atom is -0.139 e. The van der Waals surface area contributed by atoms with Gasteiger partial charge in [-0.25, -0.2) is 0 Å². The molecule has 0 amide bonds. The second-order valence-electron chi connectivity index (χ2n) is 2.20. The van der Waals surface area contributed by atoms with E-state index < -0.39 is 6.18 Å². The number of hydrogen-bond acceptors (Lipinski definition) is 0. The molecule has 0 aliphatic heterocycles. The normalized spacial score (nSPS) is 11.6. The van der Waals surface area contributed by atoms with E-state index in [1.165, 1.54) is 6.08 Å². The highest BCUT2D eigenvalue weighted by Gasteiger charge is 2.32. The third-order valence-corrected chi connectivity index (χ3v) is 1.20. The van der Waals surface area contributed by atoms with E-state index in [9.17, 15) is 13.2 Å². The predicted molar refractivity (Wildman–Crippen MR) is 40.2 cm³/mol. The molecule has 62 valence electrons. The molecule has 0 atom stereocenters. The summed E-state index contributed by atoms with van der Waals surface area (Å²) < 4.78 is 34.8. The Morgan fingerprint density at radius 1 is 1.08 bits per heavy atom. The van der Waals surface area contributed by atoms with Crippen molar-refractivity contribution in [2.45, 2.75) is 6.18 Å². The Balaban J connectivity index is 2.71. The Hall–Kier alpha value is -1.34. The molecule has 0 unspecified atom stereocenters. The Bertz CT molecular complexity index is 259. The van der Waals surface area contributed by atoms with Gasteiger partial charge in [0.2, 0.25) is 0 Å². The van der Waals surface area contributed by atoms with Crippen LogP contribution >= 0.6 is 0 Å². The molecule has 12 heavy (non-hydrogen) atoms. The van der Waals surface area contributed by atoms with Crippen LogP contribution in [0.2, 0.25) is 0 Å². The lowest BCUT2D eigenvalue weighted by Gasteiger charge is -1.86. The lowest BCUT2D eigenvalue weighted by molar-refractivity contribution is -0.0866. The van der Waals surface area contributed by atoms with E-state index in [0.29, 0.717) is 5.56 Å². The van der Waals surface area contributed by atoms with E-state index in [2.05, 4.69) is 0 Å². The van der Waals surface area contributed by atoms with Gasteiger partial charge in [-0.05, 0) is 12.1 Å². The Morgan fingerprint density at radius 2 is 1.67 bits per heavy atom. The van der Waals surface area contributed by atoms with Gasteiger partial charge in [0, 0.05) is 12.1 Å². The topological polar surface area (TPSA) is 0 Å². The van der Waals surface area contributed by atoms with Crippen molar-refractivity contribution in [3.63, 3.8) is 0 Å². The van der Waals surface area contributed by atoms with Crippen molar-refractivity contribution in [2.75, 3.05) is 0 Å². The second-order valence-corrected chi connectivity index (χ2v) is 2.20. The van der Waals surface area contributed by atoms with Crippen molar-refractivity contribution in [3.05, 3.63) is 42.0 Å². The van der Waals surface area contributed by atoms with Crippen LogP contribution in [0, 0.1) is 6.08 Å². The summed E-state index contributed by atoms with van der Waals surface area (Å²) in [6.07, 6.45) is -2.12. The molecule has 1 aromatic carbocycles. The zero-order valence-electron chi connectivity index (χ0n) is 6.10. The molecule has 0 radical (unpaired) electrons. The molecule has 0 aliphatic carbocycles. The maximum atomic E-state index is 11.6. The Labute approximate surface area is 68.3 Å². The highest BCUT2D eigenvalue weighted by Crippen LogP contribution is 2.16. The fourth-order valence-corrected chi connectivity index (χ4v) is 0.714. The minimum absolute atomic E-state index is 0.495. The first-order valence-corrected chi connectivity index (χ1v) is 3.30. The van der Waals surface area contributed by atoms with Crippen LogP contribution in [0.15, 0.2) is 30.3 Å². The maximum absolute atomic E-state index is 11.6. The number of benzene rings is 1. The summed E-state index contributed by atoms with van der Waals surface area (Å²) in [4.78, 5) is 0. The summed E-state index contributed by atoms with van der Waals surface area (Å²) in [6, 6.07) is 8.25. The first-order valence-electron chi connectivity index (χ1n) is 3.30. The zero-order chi connectivity index (χ0) is 9.03. The molecule has 1 rings (SSSR count). The third kappa shape index (κ3) is 3.17. The van der Waals surface area contributed by atoms with Crippen LogP contribution in [0.25, 0.3) is 6.08 Å². The Kier molecular flexibility index (Phi) is 2.46. The summed E-state index contributed by atoms with van der Waals surface area (Å²) in [5.41, 5.74) is 0.495. The van der Waals surface area contributed by atoms with Gasteiger partial charge in [-0.2, -0.15) is 0 Å². The molecule has 0 fully saturated rings. The van der Waals surface area contributed by atoms with Gasteiger partial charge in [-0.3, -0.25) is 0 Å². The van der Waals surface area contributed by atoms with E-state index >= 15 is 0 Å². The average Bonchev–Trinajstić information content (AvgIpc) is 2.02. The smallest absolute Gasteiger partial charge is 0.139 e. The van der Waals surface area contributed by atoms with Gasteiger partial charge < -0.3 is 0 Å². The number of hydrogen-bond donors (Lipinski definition) is 0. The molecule has 0 N–H and O–H groups in total. The molecule has 0 saturated carbocycles. The van der Waals surface area contributed by atoms with Crippen molar-refractivity contribution in [1.82, 2.24) is 0 Å². The fraction of sp³-hybridized carbons (Fsp3) is 0.111. The fourth-order valence-electron chi connectivity index (χ4n) is 0.714. The highest BCUT2D eigenvalue weighted by molar-refractivity contribution is 5.47. The lowest BCUT2D eigenvalue weighted by Crippen LogP contribution is -2.01. The van der Waals surface area contributed by atoms with E-state index in [1.807, 2.05) is 0 Å². The SMILES string of the molecule is FC(F)(F)[C+]=Cc1ccccc1. The molecule has 1 aromatic rings. The van der Waals surface area contributed by atoms with E-state index in [0.717, 1.165) is 6.08 Å². The predicted octanol–water partition coefficient (Wildman–Crippen LogP) is 3.07. The molecule has 0 spiro atoms. The molecule has 0 nitrogen and oxygen atoms in total. The zero-order valence-corrected chi connectivity index (χ0v) is 6.10. The third-order valence-electron chi connectivity index (χ3n) is 1.20. The van der Waals surface area contributed by atoms with Gasteiger partial charge in [-0.15, -0.1) is 13.2 Å². The van der Waals surface area contributed by atoms with Crippen LogP contribution in [0.3, 0.4) is 0 Å². The minimum atomic E-state index is -4.35. The quantitative estimate of drug-likeness (QED) is 0.569. The van der Waals surface area contributed by atoms with Crippen molar-refractivity contribution in [2.24, 2.45) is 0 Å². The van der Waals surface area contributed by atoms with Crippen molar-refractivity contribution >= 4 is 6.08 Å². The van der Waals surface area contributed by atoms with Gasteiger partial charge in [0.05, 0.1) is 0 Å². The molecular formula is C9H6F3+. The second kappa shape index (κ2) is 3.37. The monoisotopic (exact) mass is 171 g/mol. The van der Waals surface area contributed by atoms with Crippen LogP contribution in [0.5, 0.6) is 0 Å².